The van der Waals surface area contributed by atoms with Crippen molar-refractivity contribution in [1.82, 2.24) is 0 Å². The van der Waals surface area contributed by atoms with Crippen LogP contribution in [-0.2, 0) is 6.18 Å². The van der Waals surface area contributed by atoms with Crippen LogP contribution in [0, 0.1) is 6.92 Å². The Bertz CT molecular complexity index is 971. The molecule has 24 heavy (non-hydrogen) atoms. The largest absolute Gasteiger partial charge is 0.497 e. The third-order valence-electron chi connectivity index (χ3n) is 3.82. The van der Waals surface area contributed by atoms with E-state index >= 15 is 0 Å². The minimum Gasteiger partial charge on any atom is -0.497 e. The van der Waals surface area contributed by atoms with Gasteiger partial charge in [-0.1, -0.05) is 12.1 Å². The Morgan fingerprint density at radius 3 is 2.46 bits per heavy atom. The van der Waals surface area contributed by atoms with Gasteiger partial charge >= 0.3 is 6.18 Å². The van der Waals surface area contributed by atoms with Crippen LogP contribution in [0.2, 0.25) is 0 Å². The molecule has 0 bridgehead atoms. The first kappa shape index (κ1) is 16.1. The molecule has 0 aliphatic heterocycles. The number of halogens is 3. The lowest BCUT2D eigenvalue weighted by Gasteiger charge is -2.10. The number of fused-ring (bicyclic) bond motifs is 1. The Morgan fingerprint density at radius 2 is 1.83 bits per heavy atom. The Balaban J connectivity index is 2.15. The van der Waals surface area contributed by atoms with Gasteiger partial charge in [0.25, 0.3) is 0 Å². The number of rotatable bonds is 2. The van der Waals surface area contributed by atoms with Gasteiger partial charge in [0.05, 0.1) is 12.5 Å². The van der Waals surface area contributed by atoms with Crippen LogP contribution in [0.5, 0.6) is 5.75 Å². The molecule has 0 fully saturated rings. The summed E-state index contributed by atoms with van der Waals surface area (Å²) >= 11 is 0. The highest BCUT2D eigenvalue weighted by Crippen LogP contribution is 2.31. The van der Waals surface area contributed by atoms with Gasteiger partial charge in [-0.3, -0.25) is 4.79 Å². The quantitative estimate of drug-likeness (QED) is 0.676. The van der Waals surface area contributed by atoms with Crippen molar-refractivity contribution in [2.75, 3.05) is 7.11 Å². The predicted octanol–water partition coefficient (Wildman–Crippen LogP) is 4.80. The topological polar surface area (TPSA) is 39.4 Å². The average molecular weight is 334 g/mol. The molecule has 3 rings (SSSR count). The van der Waals surface area contributed by atoms with Gasteiger partial charge in [-0.25, -0.2) is 0 Å². The van der Waals surface area contributed by atoms with E-state index in [-0.39, 0.29) is 11.0 Å². The Kier molecular flexibility index (Phi) is 3.83. The van der Waals surface area contributed by atoms with Crippen LogP contribution in [0.25, 0.3) is 22.1 Å². The monoisotopic (exact) mass is 334 g/mol. The van der Waals surface area contributed by atoms with Crippen molar-refractivity contribution >= 4 is 11.0 Å². The van der Waals surface area contributed by atoms with E-state index in [0.717, 1.165) is 16.7 Å². The Morgan fingerprint density at radius 1 is 1.08 bits per heavy atom. The fourth-order valence-corrected chi connectivity index (χ4v) is 2.58. The molecule has 3 nitrogen and oxygen atoms in total. The zero-order chi connectivity index (χ0) is 17.5. The smallest absolute Gasteiger partial charge is 0.423 e. The predicted molar refractivity (Wildman–Crippen MR) is 84.2 cm³/mol. The lowest BCUT2D eigenvalue weighted by Crippen LogP contribution is -2.18. The molecule has 124 valence electrons. The summed E-state index contributed by atoms with van der Waals surface area (Å²) < 4.78 is 48.5. The standard InChI is InChI=1S/C18H13F3O3/c1-10-7-12(23-2)4-6-13(10)11-3-5-14-16(8-11)24-9-15(17(14)22)18(19,20)21/h3-9H,1-2H3. The lowest BCUT2D eigenvalue weighted by atomic mass is 9.99. The average Bonchev–Trinajstić information content (AvgIpc) is 2.53. The number of ether oxygens (including phenoxy) is 1. The number of alkyl halides is 3. The maximum absolute atomic E-state index is 12.8. The number of hydrogen-bond donors (Lipinski definition) is 0. The van der Waals surface area contributed by atoms with E-state index in [9.17, 15) is 18.0 Å². The maximum atomic E-state index is 12.8. The highest BCUT2D eigenvalue weighted by atomic mass is 19.4. The minimum atomic E-state index is -4.74. The van der Waals surface area contributed by atoms with Crippen LogP contribution in [0.1, 0.15) is 11.1 Å². The van der Waals surface area contributed by atoms with Crippen molar-refractivity contribution in [3.05, 3.63) is 64.0 Å². The highest BCUT2D eigenvalue weighted by Gasteiger charge is 2.35. The van der Waals surface area contributed by atoms with Crippen LogP contribution < -0.4 is 10.2 Å². The molecule has 0 radical (unpaired) electrons. The van der Waals surface area contributed by atoms with E-state index < -0.39 is 17.2 Å². The highest BCUT2D eigenvalue weighted by molar-refractivity contribution is 5.83. The Hall–Kier alpha value is -2.76. The van der Waals surface area contributed by atoms with Gasteiger partial charge in [0, 0.05) is 0 Å². The van der Waals surface area contributed by atoms with Gasteiger partial charge in [-0.2, -0.15) is 13.2 Å². The second-order valence-electron chi connectivity index (χ2n) is 5.37. The molecule has 3 aromatic rings. The molecule has 0 saturated heterocycles. The number of methoxy groups -OCH3 is 1. The summed E-state index contributed by atoms with van der Waals surface area (Å²) in [5, 5.41) is -0.0975. The van der Waals surface area contributed by atoms with E-state index in [4.69, 9.17) is 9.15 Å². The third-order valence-corrected chi connectivity index (χ3v) is 3.82. The molecule has 0 unspecified atom stereocenters. The van der Waals surface area contributed by atoms with Crippen molar-refractivity contribution in [3.8, 4) is 16.9 Å². The fraction of sp³-hybridized carbons (Fsp3) is 0.167. The molecule has 0 atom stereocenters. The summed E-state index contributed by atoms with van der Waals surface area (Å²) in [6, 6.07) is 10.0. The first-order valence-electron chi connectivity index (χ1n) is 7.09. The molecule has 0 aliphatic carbocycles. The Labute approximate surface area is 135 Å². The molecule has 1 heterocycles. The second-order valence-corrected chi connectivity index (χ2v) is 5.37. The summed E-state index contributed by atoms with van der Waals surface area (Å²) in [5.74, 6) is 0.707. The first-order valence-corrected chi connectivity index (χ1v) is 7.09. The van der Waals surface area contributed by atoms with Crippen molar-refractivity contribution in [1.29, 1.82) is 0 Å². The van der Waals surface area contributed by atoms with E-state index in [1.54, 1.807) is 25.3 Å². The summed E-state index contributed by atoms with van der Waals surface area (Å²) in [4.78, 5) is 12.0. The van der Waals surface area contributed by atoms with Gasteiger partial charge in [-0.15, -0.1) is 0 Å². The van der Waals surface area contributed by atoms with Crippen molar-refractivity contribution < 1.29 is 22.3 Å². The van der Waals surface area contributed by atoms with Crippen molar-refractivity contribution in [2.45, 2.75) is 13.1 Å². The molecule has 0 N–H and O–H groups in total. The summed E-state index contributed by atoms with van der Waals surface area (Å²) in [6.07, 6.45) is -4.27. The minimum absolute atomic E-state index is 0.0975. The third kappa shape index (κ3) is 2.75. The molecular weight excluding hydrogens is 321 g/mol. The van der Waals surface area contributed by atoms with Crippen LogP contribution in [0.4, 0.5) is 13.2 Å². The molecule has 0 saturated carbocycles. The van der Waals surface area contributed by atoms with Gasteiger partial charge in [0.1, 0.15) is 23.2 Å². The summed E-state index contributed by atoms with van der Waals surface area (Å²) in [5.41, 5.74) is 0.277. The zero-order valence-electron chi connectivity index (χ0n) is 12.9. The number of hydrogen-bond acceptors (Lipinski definition) is 3. The molecule has 0 aliphatic rings. The molecule has 0 amide bonds. The van der Waals surface area contributed by atoms with Crippen LogP contribution in [-0.4, -0.2) is 7.11 Å². The van der Waals surface area contributed by atoms with Gasteiger partial charge in [-0.05, 0) is 47.9 Å². The van der Waals surface area contributed by atoms with Crippen LogP contribution in [0.15, 0.2) is 51.9 Å². The number of aryl methyl sites for hydroxylation is 1. The fourth-order valence-electron chi connectivity index (χ4n) is 2.58. The van der Waals surface area contributed by atoms with Crippen LogP contribution in [0.3, 0.4) is 0 Å². The zero-order valence-corrected chi connectivity index (χ0v) is 12.9. The summed E-state index contributed by atoms with van der Waals surface area (Å²) in [6.45, 7) is 1.89. The van der Waals surface area contributed by atoms with Crippen molar-refractivity contribution in [2.24, 2.45) is 0 Å². The maximum Gasteiger partial charge on any atom is 0.423 e. The van der Waals surface area contributed by atoms with E-state index in [1.165, 1.54) is 6.07 Å². The van der Waals surface area contributed by atoms with Gasteiger partial charge in [0.15, 0.2) is 0 Å². The molecule has 2 aromatic carbocycles. The molecule has 0 spiro atoms. The molecular formula is C18H13F3O3. The van der Waals surface area contributed by atoms with Crippen LogP contribution >= 0.6 is 0 Å². The molecule has 1 aromatic heterocycles. The second kappa shape index (κ2) is 5.70. The number of benzene rings is 2. The van der Waals surface area contributed by atoms with E-state index in [1.807, 2.05) is 19.1 Å². The van der Waals surface area contributed by atoms with Gasteiger partial charge in [0.2, 0.25) is 5.43 Å². The normalized spacial score (nSPS) is 11.7. The van der Waals surface area contributed by atoms with E-state index in [2.05, 4.69) is 0 Å². The first-order chi connectivity index (χ1) is 11.3. The van der Waals surface area contributed by atoms with E-state index in [0.29, 0.717) is 12.0 Å². The summed E-state index contributed by atoms with van der Waals surface area (Å²) in [7, 11) is 1.57. The lowest BCUT2D eigenvalue weighted by molar-refractivity contribution is -0.139. The SMILES string of the molecule is COc1ccc(-c2ccc3c(=O)c(C(F)(F)F)coc3c2)c(C)c1. The molecule has 6 heteroatoms. The van der Waals surface area contributed by atoms with Gasteiger partial charge < -0.3 is 9.15 Å². The van der Waals surface area contributed by atoms with Crippen molar-refractivity contribution in [3.63, 3.8) is 0 Å².